The number of carbonyl (C=O) groups excluding carboxylic acids is 1. The fourth-order valence-corrected chi connectivity index (χ4v) is 7.14. The second kappa shape index (κ2) is 12.6. The molecule has 2 aliphatic rings. The number of benzene rings is 3. The molecule has 47 heavy (non-hydrogen) atoms. The molecule has 4 aromatic rings. The van der Waals surface area contributed by atoms with Crippen LogP contribution < -0.4 is 9.64 Å². The van der Waals surface area contributed by atoms with E-state index >= 15 is 13.2 Å². The molecular formula is C34H37F3N4O5S. The molecule has 9 nitrogen and oxygen atoms in total. The number of aromatic nitrogens is 2. The minimum absolute atomic E-state index is 0.0882. The zero-order valence-electron chi connectivity index (χ0n) is 27.2. The predicted octanol–water partition coefficient (Wildman–Crippen LogP) is 6.74. The number of aryl methyl sites for hydroxylation is 1. The van der Waals surface area contributed by atoms with Gasteiger partial charge in [-0.2, -0.15) is 0 Å². The number of anilines is 1. The molecule has 3 unspecified atom stereocenters. The number of methoxy groups -OCH3 is 1. The fraction of sp³-hybridized carbons (Fsp3) is 0.441. The van der Waals surface area contributed by atoms with Gasteiger partial charge in [-0.05, 0) is 86.2 Å². The first kappa shape index (κ1) is 33.0. The molecule has 0 radical (unpaired) electrons. The Bertz CT molecular complexity index is 1900. The molecule has 2 fully saturated rings. The number of carbonyl (C=O) groups is 1. The summed E-state index contributed by atoms with van der Waals surface area (Å²) in [6.45, 7) is 7.76. The summed E-state index contributed by atoms with van der Waals surface area (Å²) in [5, 5.41) is 0.856. The van der Waals surface area contributed by atoms with Crippen molar-refractivity contribution in [3.05, 3.63) is 53.3 Å². The summed E-state index contributed by atoms with van der Waals surface area (Å²) in [5.74, 6) is -1.90. The molecule has 1 amide bonds. The first-order chi connectivity index (χ1) is 22.3. The van der Waals surface area contributed by atoms with Gasteiger partial charge in [0.05, 0.1) is 28.4 Å². The highest BCUT2D eigenvalue weighted by molar-refractivity contribution is 7.84. The Labute approximate surface area is 273 Å². The smallest absolute Gasteiger partial charge is 0.410 e. The van der Waals surface area contributed by atoms with Crippen LogP contribution in [0.3, 0.4) is 0 Å². The first-order valence-electron chi connectivity index (χ1n) is 15.5. The van der Waals surface area contributed by atoms with Crippen LogP contribution in [0.1, 0.15) is 46.1 Å². The molecular weight excluding hydrogens is 633 g/mol. The zero-order chi connectivity index (χ0) is 33.8. The minimum Gasteiger partial charge on any atom is -0.468 e. The predicted molar refractivity (Wildman–Crippen MR) is 174 cm³/mol. The Morgan fingerprint density at radius 1 is 1.04 bits per heavy atom. The Morgan fingerprint density at radius 3 is 2.36 bits per heavy atom. The third kappa shape index (κ3) is 6.11. The molecule has 2 bridgehead atoms. The fourth-order valence-electron chi connectivity index (χ4n) is 6.71. The molecule has 2 aliphatic heterocycles. The molecule has 1 aromatic heterocycles. The highest BCUT2D eigenvalue weighted by atomic mass is 32.2. The molecule has 0 aliphatic carbocycles. The standard InChI is InChI=1S/C34H37F3N4O5S/c1-7-22-25(35)11-8-18-12-21(45-17-44-5)13-23(27(18)22)28-26(36)14-24-30(29(28)37)38-32(47(6)43)39-31(24)40-15-19-9-10-20(16-40)41(19)33(42)46-34(2,3)4/h8,11-14,19-20H,7,9-10,15-17H2,1-6H3. The lowest BCUT2D eigenvalue weighted by Gasteiger charge is -2.42. The van der Waals surface area contributed by atoms with Crippen LogP contribution in [0.2, 0.25) is 0 Å². The van der Waals surface area contributed by atoms with E-state index in [0.29, 0.717) is 29.4 Å². The molecule has 13 heteroatoms. The maximum absolute atomic E-state index is 16.9. The summed E-state index contributed by atoms with van der Waals surface area (Å²) >= 11 is 0. The number of hydrogen-bond acceptors (Lipinski definition) is 8. The van der Waals surface area contributed by atoms with Crippen molar-refractivity contribution in [2.45, 2.75) is 69.8 Å². The highest BCUT2D eigenvalue weighted by Gasteiger charge is 2.45. The first-order valence-corrected chi connectivity index (χ1v) is 17.0. The number of piperazine rings is 1. The quantitative estimate of drug-likeness (QED) is 0.158. The van der Waals surface area contributed by atoms with E-state index in [1.54, 1.807) is 17.9 Å². The molecule has 0 N–H and O–H groups in total. The lowest BCUT2D eigenvalue weighted by molar-refractivity contribution is 0.0123. The van der Waals surface area contributed by atoms with Crippen molar-refractivity contribution in [2.24, 2.45) is 0 Å². The van der Waals surface area contributed by atoms with Gasteiger partial charge in [0.2, 0.25) is 5.16 Å². The number of nitrogens with zero attached hydrogens (tertiary/aromatic N) is 4. The van der Waals surface area contributed by atoms with E-state index in [1.807, 2.05) is 25.7 Å². The molecule has 3 aromatic carbocycles. The summed E-state index contributed by atoms with van der Waals surface area (Å²) in [6.07, 6.45) is 2.72. The van der Waals surface area contributed by atoms with Gasteiger partial charge < -0.3 is 19.1 Å². The van der Waals surface area contributed by atoms with Crippen LogP contribution in [0.15, 0.2) is 35.5 Å². The molecule has 2 saturated heterocycles. The minimum atomic E-state index is -1.71. The molecule has 0 spiro atoms. The van der Waals surface area contributed by atoms with E-state index in [0.717, 1.165) is 12.8 Å². The van der Waals surface area contributed by atoms with E-state index in [-0.39, 0.29) is 58.5 Å². The Kier molecular flexibility index (Phi) is 8.81. The van der Waals surface area contributed by atoms with Crippen molar-refractivity contribution in [1.29, 1.82) is 0 Å². The van der Waals surface area contributed by atoms with Gasteiger partial charge in [-0.25, -0.2) is 27.9 Å². The second-order valence-corrected chi connectivity index (χ2v) is 14.2. The summed E-state index contributed by atoms with van der Waals surface area (Å²) < 4.78 is 77.4. The largest absolute Gasteiger partial charge is 0.468 e. The van der Waals surface area contributed by atoms with Gasteiger partial charge in [-0.3, -0.25) is 9.11 Å². The average Bonchev–Trinajstić information content (AvgIpc) is 3.28. The van der Waals surface area contributed by atoms with E-state index in [2.05, 4.69) is 9.97 Å². The SMILES string of the molecule is CCc1c(F)ccc2cc(OCOC)cc(-c3c(F)cc4c(N5CC6CCC(C5)N6C(=O)OC(C)(C)C)nc(S(C)=O)nc4c3F)c12. The van der Waals surface area contributed by atoms with Crippen LogP contribution in [0.4, 0.5) is 23.8 Å². The van der Waals surface area contributed by atoms with Gasteiger partial charge in [0.15, 0.2) is 12.6 Å². The number of amides is 1. The molecule has 3 heterocycles. The summed E-state index contributed by atoms with van der Waals surface area (Å²) in [4.78, 5) is 25.5. The third-order valence-electron chi connectivity index (χ3n) is 8.59. The Balaban J connectivity index is 1.52. The number of hydrogen-bond donors (Lipinski definition) is 0. The topological polar surface area (TPSA) is 94.1 Å². The van der Waals surface area contributed by atoms with E-state index in [1.165, 1.54) is 37.6 Å². The van der Waals surface area contributed by atoms with E-state index in [9.17, 15) is 9.00 Å². The van der Waals surface area contributed by atoms with Crippen molar-refractivity contribution in [2.75, 3.05) is 38.1 Å². The lowest BCUT2D eigenvalue weighted by atomic mass is 9.91. The van der Waals surface area contributed by atoms with E-state index in [4.69, 9.17) is 14.2 Å². The van der Waals surface area contributed by atoms with Gasteiger partial charge in [0.1, 0.15) is 34.3 Å². The van der Waals surface area contributed by atoms with Crippen LogP contribution in [0.25, 0.3) is 32.8 Å². The summed E-state index contributed by atoms with van der Waals surface area (Å²) in [7, 11) is -0.258. The maximum Gasteiger partial charge on any atom is 0.410 e. The molecule has 250 valence electrons. The number of ether oxygens (including phenoxy) is 3. The second-order valence-electron chi connectivity index (χ2n) is 12.9. The Hall–Kier alpha value is -3.97. The third-order valence-corrected chi connectivity index (χ3v) is 9.29. The van der Waals surface area contributed by atoms with Crippen molar-refractivity contribution < 1.29 is 36.4 Å². The van der Waals surface area contributed by atoms with Gasteiger partial charge >= 0.3 is 6.09 Å². The summed E-state index contributed by atoms with van der Waals surface area (Å²) in [5.41, 5.74) is -0.910. The van der Waals surface area contributed by atoms with Gasteiger partial charge in [-0.15, -0.1) is 0 Å². The highest BCUT2D eigenvalue weighted by Crippen LogP contribution is 2.43. The molecule has 0 saturated carbocycles. The van der Waals surface area contributed by atoms with Crippen LogP contribution >= 0.6 is 0 Å². The van der Waals surface area contributed by atoms with Crippen molar-refractivity contribution in [3.8, 4) is 16.9 Å². The number of rotatable bonds is 7. The normalized spacial score (nSPS) is 18.7. The average molecular weight is 671 g/mol. The van der Waals surface area contributed by atoms with Gasteiger partial charge in [0, 0.05) is 31.8 Å². The van der Waals surface area contributed by atoms with Crippen LogP contribution in [0.5, 0.6) is 5.75 Å². The van der Waals surface area contributed by atoms with Crippen LogP contribution in [-0.4, -0.2) is 76.1 Å². The number of halogens is 3. The van der Waals surface area contributed by atoms with Gasteiger partial charge in [0.25, 0.3) is 0 Å². The van der Waals surface area contributed by atoms with Gasteiger partial charge in [-0.1, -0.05) is 13.0 Å². The lowest BCUT2D eigenvalue weighted by Crippen LogP contribution is -2.57. The molecule has 3 atom stereocenters. The number of fused-ring (bicyclic) bond motifs is 4. The van der Waals surface area contributed by atoms with Crippen molar-refractivity contribution in [3.63, 3.8) is 0 Å². The van der Waals surface area contributed by atoms with E-state index < -0.39 is 45.5 Å². The van der Waals surface area contributed by atoms with Crippen molar-refractivity contribution >= 4 is 44.4 Å². The van der Waals surface area contributed by atoms with Crippen molar-refractivity contribution in [1.82, 2.24) is 14.9 Å². The van der Waals surface area contributed by atoms with Crippen LogP contribution in [-0.2, 0) is 26.7 Å². The Morgan fingerprint density at radius 2 is 1.74 bits per heavy atom. The monoisotopic (exact) mass is 670 g/mol. The van der Waals surface area contributed by atoms with Crippen LogP contribution in [0, 0.1) is 17.5 Å². The summed E-state index contributed by atoms with van der Waals surface area (Å²) in [6, 6.07) is 6.74. The zero-order valence-corrected chi connectivity index (χ0v) is 28.0. The maximum atomic E-state index is 16.9. The molecule has 6 rings (SSSR count).